The smallest absolute Gasteiger partial charge is 0.214 e. The lowest BCUT2D eigenvalue weighted by Crippen LogP contribution is -2.30. The molecule has 136 valence electrons. The number of phenols is 4. The fourth-order valence-corrected chi connectivity index (χ4v) is 2.70. The summed E-state index contributed by atoms with van der Waals surface area (Å²) in [4.78, 5) is 6.58. The lowest BCUT2D eigenvalue weighted by Gasteiger charge is -2.25. The fraction of sp³-hybridized carbons (Fsp3) is 0.0526. The number of nitrogens with zero attached hydrogens (tertiary/aromatic N) is 4. The minimum atomic E-state index is 0.0246. The predicted octanol–water partition coefficient (Wildman–Crippen LogP) is 2.35. The summed E-state index contributed by atoms with van der Waals surface area (Å²) in [5, 5.41) is 39.1. The lowest BCUT2D eigenvalue weighted by atomic mass is 10.2. The Hall–Kier alpha value is -3.68. The van der Waals surface area contributed by atoms with E-state index in [4.69, 9.17) is 0 Å². The van der Waals surface area contributed by atoms with Gasteiger partial charge in [-0.2, -0.15) is 0 Å². The number of anilines is 2. The van der Waals surface area contributed by atoms with Crippen LogP contribution in [0.1, 0.15) is 0 Å². The lowest BCUT2D eigenvalue weighted by molar-refractivity contribution is 0.307. The van der Waals surface area contributed by atoms with Crippen molar-refractivity contribution in [3.05, 3.63) is 74.5 Å². The Morgan fingerprint density at radius 3 is 1.52 bits per heavy atom. The molecule has 8 nitrogen and oxygen atoms in total. The largest absolute Gasteiger partial charge is 0.508 e. The molecular formula is C19H16N4O4. The van der Waals surface area contributed by atoms with Gasteiger partial charge in [-0.3, -0.25) is 0 Å². The van der Waals surface area contributed by atoms with Crippen molar-refractivity contribution in [3.63, 3.8) is 0 Å². The second-order valence-electron chi connectivity index (χ2n) is 5.96. The number of aromatic hydroxyl groups is 4. The van der Waals surface area contributed by atoms with E-state index in [1.807, 2.05) is 0 Å². The van der Waals surface area contributed by atoms with E-state index in [-0.39, 0.29) is 23.0 Å². The zero-order valence-electron chi connectivity index (χ0n) is 14.1. The highest BCUT2D eigenvalue weighted by molar-refractivity contribution is 5.65. The van der Waals surface area contributed by atoms with Crippen molar-refractivity contribution in [1.82, 2.24) is 9.80 Å². The van der Waals surface area contributed by atoms with Gasteiger partial charge in [0, 0.05) is 36.9 Å². The standard InChI is InChI=1S/C19H16N4O4/c24-14-1-3-18(26)16(9-14)22-7-5-20(12-22)11-21-6-8-23(13-21)17-10-15(25)2-4-19(17)27/h1-10,24-27H,11H2. The van der Waals surface area contributed by atoms with Gasteiger partial charge in [0.1, 0.15) is 23.0 Å². The molecule has 0 aromatic heterocycles. The first-order valence-corrected chi connectivity index (χ1v) is 8.04. The molecule has 2 aromatic carbocycles. The van der Waals surface area contributed by atoms with E-state index in [2.05, 4.69) is 13.3 Å². The molecule has 4 N–H and O–H groups in total. The first-order chi connectivity index (χ1) is 13.0. The van der Waals surface area contributed by atoms with Crippen LogP contribution in [-0.2, 0) is 0 Å². The minimum Gasteiger partial charge on any atom is -0.508 e. The highest BCUT2D eigenvalue weighted by Crippen LogP contribution is 2.36. The molecule has 2 aliphatic heterocycles. The third kappa shape index (κ3) is 3.37. The van der Waals surface area contributed by atoms with Crippen LogP contribution in [-0.4, -0.2) is 36.9 Å². The maximum absolute atomic E-state index is 9.95. The summed E-state index contributed by atoms with van der Waals surface area (Å²) < 4.78 is 0. The molecule has 0 amide bonds. The second-order valence-corrected chi connectivity index (χ2v) is 5.96. The Kier molecular flexibility index (Phi) is 4.08. The van der Waals surface area contributed by atoms with Gasteiger partial charge in [0.2, 0.25) is 13.3 Å². The van der Waals surface area contributed by atoms with Gasteiger partial charge in [0.25, 0.3) is 0 Å². The molecule has 0 saturated carbocycles. The van der Waals surface area contributed by atoms with Crippen LogP contribution < -0.4 is 9.80 Å². The van der Waals surface area contributed by atoms with Crippen molar-refractivity contribution in [3.8, 4) is 23.0 Å². The Labute approximate surface area is 156 Å². The first-order valence-electron chi connectivity index (χ1n) is 8.04. The number of hydrogen-bond acceptors (Lipinski definition) is 8. The molecule has 27 heavy (non-hydrogen) atoms. The summed E-state index contributed by atoms with van der Waals surface area (Å²) in [5.41, 5.74) is 0.815. The molecule has 2 heterocycles. The van der Waals surface area contributed by atoms with Gasteiger partial charge in [-0.25, -0.2) is 0 Å². The van der Waals surface area contributed by atoms with Gasteiger partial charge in [-0.05, 0) is 24.3 Å². The zero-order chi connectivity index (χ0) is 19.0. The zero-order valence-corrected chi connectivity index (χ0v) is 14.1. The van der Waals surface area contributed by atoms with Crippen LogP contribution in [0.5, 0.6) is 23.0 Å². The Morgan fingerprint density at radius 1 is 0.630 bits per heavy atom. The van der Waals surface area contributed by atoms with Gasteiger partial charge in [0.05, 0.1) is 18.0 Å². The molecule has 0 unspecified atom stereocenters. The van der Waals surface area contributed by atoms with E-state index in [1.165, 1.54) is 36.4 Å². The van der Waals surface area contributed by atoms with E-state index in [9.17, 15) is 20.4 Å². The van der Waals surface area contributed by atoms with Gasteiger partial charge in [0.15, 0.2) is 0 Å². The number of hydrogen-bond donors (Lipinski definition) is 4. The van der Waals surface area contributed by atoms with E-state index in [1.54, 1.807) is 44.4 Å². The Bertz CT molecular complexity index is 841. The molecule has 0 aliphatic carbocycles. The van der Waals surface area contributed by atoms with Crippen LogP contribution in [0.15, 0.2) is 61.2 Å². The number of benzene rings is 2. The van der Waals surface area contributed by atoms with Crippen molar-refractivity contribution in [1.29, 1.82) is 0 Å². The van der Waals surface area contributed by atoms with Crippen LogP contribution in [0, 0.1) is 13.3 Å². The third-order valence-corrected chi connectivity index (χ3v) is 4.01. The van der Waals surface area contributed by atoms with Crippen molar-refractivity contribution in [2.45, 2.75) is 0 Å². The maximum Gasteiger partial charge on any atom is 0.214 e. The van der Waals surface area contributed by atoms with Crippen molar-refractivity contribution in [2.24, 2.45) is 0 Å². The van der Waals surface area contributed by atoms with Gasteiger partial charge < -0.3 is 40.0 Å². The summed E-state index contributed by atoms with van der Waals surface area (Å²) in [7, 11) is 0. The molecular weight excluding hydrogens is 348 g/mol. The highest BCUT2D eigenvalue weighted by Gasteiger charge is 2.24. The molecule has 0 spiro atoms. The maximum atomic E-state index is 9.95. The van der Waals surface area contributed by atoms with E-state index in [0.717, 1.165) is 0 Å². The fourth-order valence-electron chi connectivity index (χ4n) is 2.70. The van der Waals surface area contributed by atoms with Crippen LogP contribution >= 0.6 is 0 Å². The number of rotatable bonds is 4. The summed E-state index contributed by atoms with van der Waals surface area (Å²) in [5.74, 6) is 0.136. The molecule has 0 fully saturated rings. The van der Waals surface area contributed by atoms with Crippen LogP contribution in [0.4, 0.5) is 11.4 Å². The predicted molar refractivity (Wildman–Crippen MR) is 97.8 cm³/mol. The third-order valence-electron chi connectivity index (χ3n) is 4.01. The van der Waals surface area contributed by atoms with Gasteiger partial charge >= 0.3 is 0 Å². The Balaban J connectivity index is 1.38. The van der Waals surface area contributed by atoms with Crippen LogP contribution in [0.3, 0.4) is 0 Å². The van der Waals surface area contributed by atoms with E-state index < -0.39 is 0 Å². The highest BCUT2D eigenvalue weighted by atomic mass is 16.3. The van der Waals surface area contributed by atoms with Gasteiger partial charge in [-0.15, -0.1) is 0 Å². The van der Waals surface area contributed by atoms with E-state index in [0.29, 0.717) is 18.0 Å². The van der Waals surface area contributed by atoms with Crippen molar-refractivity contribution in [2.75, 3.05) is 16.5 Å². The summed E-state index contributed by atoms with van der Waals surface area (Å²) >= 11 is 0. The van der Waals surface area contributed by atoms with Gasteiger partial charge in [-0.1, -0.05) is 0 Å². The molecule has 8 heteroatoms. The first kappa shape index (κ1) is 16.8. The molecule has 4 radical (unpaired) electrons. The molecule has 0 bridgehead atoms. The summed E-state index contributed by atoms with van der Waals surface area (Å²) in [6, 6.07) is 8.51. The normalized spacial score (nSPS) is 16.0. The average Bonchev–Trinajstić information content (AvgIpc) is 3.29. The van der Waals surface area contributed by atoms with Crippen molar-refractivity contribution >= 4 is 11.4 Å². The van der Waals surface area contributed by atoms with Crippen LogP contribution in [0.25, 0.3) is 0 Å². The average molecular weight is 364 g/mol. The Morgan fingerprint density at radius 2 is 1.07 bits per heavy atom. The molecule has 2 aliphatic rings. The van der Waals surface area contributed by atoms with E-state index >= 15 is 0 Å². The molecule has 0 saturated heterocycles. The minimum absolute atomic E-state index is 0.0246. The van der Waals surface area contributed by atoms with Crippen molar-refractivity contribution < 1.29 is 20.4 Å². The molecule has 4 rings (SSSR count). The topological polar surface area (TPSA) is 93.9 Å². The summed E-state index contributed by atoms with van der Waals surface area (Å²) in [6.45, 7) is 6.45. The SMILES string of the molecule is Oc1ccc(O)c(N2[C]N(CN3[C]N(c4cc(O)ccc4O)C=C3)C=C2)c1. The molecule has 0 atom stereocenters. The monoisotopic (exact) mass is 364 g/mol. The second kappa shape index (κ2) is 6.56. The van der Waals surface area contributed by atoms with Crippen LogP contribution in [0.2, 0.25) is 0 Å². The quantitative estimate of drug-likeness (QED) is 0.615. The number of phenolic OH excluding ortho intramolecular Hbond substituents is 4. The molecule has 2 aromatic rings. The summed E-state index contributed by atoms with van der Waals surface area (Å²) in [6.07, 6.45) is 6.92.